The fraction of sp³-hybridized carbons (Fsp3) is 0.769. The summed E-state index contributed by atoms with van der Waals surface area (Å²) < 4.78 is 11.1. The SMILES string of the molecule is CCCCOC1CC(N(C(=O)C2CCC(C)CC2)c2cc(C(C)(C)C)sc2C(=O)OC)C1. The van der Waals surface area contributed by atoms with Crippen LogP contribution in [0.25, 0.3) is 0 Å². The molecule has 180 valence electrons. The maximum absolute atomic E-state index is 13.9. The van der Waals surface area contributed by atoms with E-state index < -0.39 is 0 Å². The third-order valence-corrected chi connectivity index (χ3v) is 8.50. The van der Waals surface area contributed by atoms with Crippen molar-refractivity contribution >= 4 is 28.9 Å². The molecule has 1 aromatic heterocycles. The Morgan fingerprint density at radius 1 is 1.16 bits per heavy atom. The molecule has 5 nitrogen and oxygen atoms in total. The summed E-state index contributed by atoms with van der Waals surface area (Å²) in [7, 11) is 1.41. The number of methoxy groups -OCH3 is 1. The van der Waals surface area contributed by atoms with Crippen LogP contribution in [0.1, 0.15) is 101 Å². The monoisotopic (exact) mass is 463 g/mol. The second-order valence-electron chi connectivity index (χ2n) is 10.7. The first-order chi connectivity index (χ1) is 15.2. The van der Waals surface area contributed by atoms with Crippen molar-refractivity contribution in [2.24, 2.45) is 11.8 Å². The molecule has 2 aliphatic rings. The standard InChI is InChI=1S/C26H41NO4S/c1-7-8-13-31-20-14-19(15-20)27(24(28)18-11-9-17(2)10-12-18)21-16-22(26(3,4)5)32-23(21)25(29)30-6/h16-20H,7-15H2,1-6H3. The maximum atomic E-state index is 13.9. The number of carbonyl (C=O) groups is 2. The van der Waals surface area contributed by atoms with Crippen molar-refractivity contribution in [2.75, 3.05) is 18.6 Å². The fourth-order valence-electron chi connectivity index (χ4n) is 4.65. The Balaban J connectivity index is 1.90. The highest BCUT2D eigenvalue weighted by molar-refractivity contribution is 7.14. The summed E-state index contributed by atoms with van der Waals surface area (Å²) in [5.74, 6) is 0.546. The highest BCUT2D eigenvalue weighted by atomic mass is 32.1. The highest BCUT2D eigenvalue weighted by Gasteiger charge is 2.42. The van der Waals surface area contributed by atoms with E-state index in [2.05, 4.69) is 40.7 Å². The van der Waals surface area contributed by atoms with Gasteiger partial charge < -0.3 is 14.4 Å². The van der Waals surface area contributed by atoms with Crippen LogP contribution in [0.5, 0.6) is 0 Å². The molecule has 0 aromatic carbocycles. The van der Waals surface area contributed by atoms with E-state index in [1.54, 1.807) is 0 Å². The van der Waals surface area contributed by atoms with Gasteiger partial charge in [-0.25, -0.2) is 4.79 Å². The summed E-state index contributed by atoms with van der Waals surface area (Å²) in [4.78, 5) is 30.2. The van der Waals surface area contributed by atoms with Gasteiger partial charge in [0.05, 0.1) is 18.9 Å². The van der Waals surface area contributed by atoms with Crippen molar-refractivity contribution in [1.29, 1.82) is 0 Å². The van der Waals surface area contributed by atoms with E-state index >= 15 is 0 Å². The molecule has 1 heterocycles. The van der Waals surface area contributed by atoms with Crippen molar-refractivity contribution < 1.29 is 19.1 Å². The number of hydrogen-bond donors (Lipinski definition) is 0. The number of thiophene rings is 1. The fourth-order valence-corrected chi connectivity index (χ4v) is 5.77. The van der Waals surface area contributed by atoms with Gasteiger partial charge in [0.2, 0.25) is 5.91 Å². The summed E-state index contributed by atoms with van der Waals surface area (Å²) in [5.41, 5.74) is 0.638. The number of amides is 1. The lowest BCUT2D eigenvalue weighted by molar-refractivity contribution is -0.125. The Bertz CT molecular complexity index is 782. The quantitative estimate of drug-likeness (QED) is 0.333. The Morgan fingerprint density at radius 2 is 1.81 bits per heavy atom. The predicted molar refractivity (Wildman–Crippen MR) is 131 cm³/mol. The molecule has 0 atom stereocenters. The first kappa shape index (κ1) is 25.2. The average Bonchev–Trinajstić information content (AvgIpc) is 3.17. The van der Waals surface area contributed by atoms with E-state index in [4.69, 9.17) is 9.47 Å². The van der Waals surface area contributed by atoms with E-state index in [0.717, 1.165) is 68.5 Å². The highest BCUT2D eigenvalue weighted by Crippen LogP contribution is 2.43. The zero-order valence-corrected chi connectivity index (χ0v) is 21.6. The summed E-state index contributed by atoms with van der Waals surface area (Å²) in [6, 6.07) is 2.14. The molecule has 0 unspecified atom stereocenters. The number of hydrogen-bond acceptors (Lipinski definition) is 5. The van der Waals surface area contributed by atoms with Crippen LogP contribution in [-0.4, -0.2) is 37.7 Å². The minimum Gasteiger partial charge on any atom is -0.465 e. The molecular weight excluding hydrogens is 422 g/mol. The Labute approximate surface area is 197 Å². The van der Waals surface area contributed by atoms with Crippen molar-refractivity contribution in [3.05, 3.63) is 15.8 Å². The van der Waals surface area contributed by atoms with E-state index in [1.165, 1.54) is 18.4 Å². The Morgan fingerprint density at radius 3 is 2.38 bits per heavy atom. The van der Waals surface area contributed by atoms with Crippen LogP contribution in [0, 0.1) is 11.8 Å². The van der Waals surface area contributed by atoms with Gasteiger partial charge in [-0.05, 0) is 62.3 Å². The summed E-state index contributed by atoms with van der Waals surface area (Å²) >= 11 is 1.46. The smallest absolute Gasteiger partial charge is 0.350 e. The molecule has 1 aromatic rings. The number of ether oxygens (including phenoxy) is 2. The molecule has 0 spiro atoms. The number of anilines is 1. The van der Waals surface area contributed by atoms with E-state index in [-0.39, 0.29) is 35.4 Å². The van der Waals surface area contributed by atoms with Gasteiger partial charge in [-0.15, -0.1) is 11.3 Å². The van der Waals surface area contributed by atoms with Gasteiger partial charge in [0.25, 0.3) is 0 Å². The molecule has 6 heteroatoms. The van der Waals surface area contributed by atoms with Gasteiger partial charge in [0.1, 0.15) is 4.88 Å². The van der Waals surface area contributed by atoms with Gasteiger partial charge in [-0.1, -0.05) is 41.0 Å². The molecule has 2 saturated carbocycles. The Kier molecular flexibility index (Phi) is 8.42. The lowest BCUT2D eigenvalue weighted by Gasteiger charge is -2.44. The van der Waals surface area contributed by atoms with Crippen molar-refractivity contribution in [2.45, 2.75) is 104 Å². The number of nitrogens with zero attached hydrogens (tertiary/aromatic N) is 1. The summed E-state index contributed by atoms with van der Waals surface area (Å²) in [5, 5.41) is 0. The maximum Gasteiger partial charge on any atom is 0.350 e. The third kappa shape index (κ3) is 5.74. The second-order valence-corrected chi connectivity index (χ2v) is 11.8. The first-order valence-corrected chi connectivity index (χ1v) is 13.1. The Hall–Kier alpha value is -1.40. The second kappa shape index (κ2) is 10.7. The molecule has 0 saturated heterocycles. The van der Waals surface area contributed by atoms with Gasteiger partial charge in [0, 0.05) is 23.4 Å². The number of rotatable bonds is 8. The minimum absolute atomic E-state index is 0.0368. The van der Waals surface area contributed by atoms with Crippen molar-refractivity contribution in [3.63, 3.8) is 0 Å². The number of esters is 1. The van der Waals surface area contributed by atoms with Crippen LogP contribution >= 0.6 is 11.3 Å². The molecule has 2 aliphatic carbocycles. The average molecular weight is 464 g/mol. The first-order valence-electron chi connectivity index (χ1n) is 12.3. The third-order valence-electron chi connectivity index (χ3n) is 6.97. The van der Waals surface area contributed by atoms with E-state index in [9.17, 15) is 9.59 Å². The molecular formula is C26H41NO4S. The van der Waals surface area contributed by atoms with E-state index in [0.29, 0.717) is 10.8 Å². The zero-order valence-electron chi connectivity index (χ0n) is 20.7. The van der Waals surface area contributed by atoms with Crippen molar-refractivity contribution in [1.82, 2.24) is 0 Å². The summed E-state index contributed by atoms with van der Waals surface area (Å²) in [6.07, 6.45) is 8.11. The molecule has 0 N–H and O–H groups in total. The molecule has 1 amide bonds. The summed E-state index contributed by atoms with van der Waals surface area (Å²) in [6.45, 7) is 11.6. The van der Waals surface area contributed by atoms with Crippen LogP contribution in [0.2, 0.25) is 0 Å². The normalized spacial score (nSPS) is 25.8. The number of carbonyl (C=O) groups excluding carboxylic acids is 2. The lowest BCUT2D eigenvalue weighted by Crippen LogP contribution is -2.53. The predicted octanol–water partition coefficient (Wildman–Crippen LogP) is 6.34. The van der Waals surface area contributed by atoms with Gasteiger partial charge in [-0.3, -0.25) is 4.79 Å². The van der Waals surface area contributed by atoms with Crippen LogP contribution in [0.15, 0.2) is 6.07 Å². The molecule has 0 aliphatic heterocycles. The lowest BCUT2D eigenvalue weighted by atomic mass is 9.80. The minimum atomic E-state index is -0.356. The van der Waals surface area contributed by atoms with Crippen LogP contribution in [-0.2, 0) is 19.7 Å². The van der Waals surface area contributed by atoms with Crippen LogP contribution in [0.4, 0.5) is 5.69 Å². The molecule has 0 radical (unpaired) electrons. The van der Waals surface area contributed by atoms with Gasteiger partial charge >= 0.3 is 5.97 Å². The molecule has 0 bridgehead atoms. The zero-order chi connectivity index (χ0) is 23.5. The van der Waals surface area contributed by atoms with Crippen LogP contribution in [0.3, 0.4) is 0 Å². The molecule has 3 rings (SSSR count). The van der Waals surface area contributed by atoms with E-state index in [1.807, 2.05) is 4.90 Å². The van der Waals surface area contributed by atoms with Gasteiger partial charge in [0.15, 0.2) is 0 Å². The molecule has 32 heavy (non-hydrogen) atoms. The van der Waals surface area contributed by atoms with Gasteiger partial charge in [-0.2, -0.15) is 0 Å². The number of unbranched alkanes of at least 4 members (excludes halogenated alkanes) is 1. The van der Waals surface area contributed by atoms with Crippen LogP contribution < -0.4 is 4.90 Å². The molecule has 2 fully saturated rings. The topological polar surface area (TPSA) is 55.8 Å². The largest absolute Gasteiger partial charge is 0.465 e. The van der Waals surface area contributed by atoms with Crippen molar-refractivity contribution in [3.8, 4) is 0 Å².